The third-order valence-electron chi connectivity index (χ3n) is 6.46. The van der Waals surface area contributed by atoms with Crippen molar-refractivity contribution < 1.29 is 4.79 Å². The average molecular weight is 496 g/mol. The number of piperazine rings is 1. The summed E-state index contributed by atoms with van der Waals surface area (Å²) >= 11 is 8.14. The van der Waals surface area contributed by atoms with Crippen molar-refractivity contribution in [3.05, 3.63) is 63.2 Å². The lowest BCUT2D eigenvalue weighted by molar-refractivity contribution is -0.132. The molecule has 1 amide bonds. The molecule has 34 heavy (non-hydrogen) atoms. The highest BCUT2D eigenvalue weighted by Crippen LogP contribution is 2.33. The van der Waals surface area contributed by atoms with Crippen LogP contribution in [0.25, 0.3) is 10.4 Å². The monoisotopic (exact) mass is 495 g/mol. The van der Waals surface area contributed by atoms with Crippen LogP contribution < -0.4 is 0 Å². The molecule has 6 nitrogen and oxygen atoms in total. The summed E-state index contributed by atoms with van der Waals surface area (Å²) in [7, 11) is 0. The van der Waals surface area contributed by atoms with E-state index in [1.807, 2.05) is 41.6 Å². The Hall–Kier alpha value is -2.66. The van der Waals surface area contributed by atoms with Crippen LogP contribution in [-0.2, 0) is 24.3 Å². The number of rotatable bonds is 8. The van der Waals surface area contributed by atoms with E-state index in [0.717, 1.165) is 60.3 Å². The van der Waals surface area contributed by atoms with Gasteiger partial charge in [0.25, 0.3) is 0 Å². The van der Waals surface area contributed by atoms with Crippen molar-refractivity contribution in [2.45, 2.75) is 46.2 Å². The van der Waals surface area contributed by atoms with Crippen molar-refractivity contribution in [3.8, 4) is 16.5 Å². The maximum atomic E-state index is 12.9. The maximum absolute atomic E-state index is 12.9. The van der Waals surface area contributed by atoms with Gasteiger partial charge in [-0.25, -0.2) is 0 Å². The lowest BCUT2D eigenvalue weighted by Gasteiger charge is -2.34. The van der Waals surface area contributed by atoms with Crippen LogP contribution in [0, 0.1) is 25.2 Å². The molecule has 0 unspecified atom stereocenters. The Balaban J connectivity index is 1.26. The summed E-state index contributed by atoms with van der Waals surface area (Å²) in [5.41, 5.74) is 4.24. The number of carbonyl (C=O) groups is 1. The molecule has 0 saturated carbocycles. The third kappa shape index (κ3) is 5.69. The number of amides is 1. The van der Waals surface area contributed by atoms with Gasteiger partial charge in [-0.3, -0.25) is 14.4 Å². The molecule has 8 heteroatoms. The van der Waals surface area contributed by atoms with Crippen LogP contribution in [0.1, 0.15) is 34.7 Å². The molecule has 1 aromatic carbocycles. The second-order valence-electron chi connectivity index (χ2n) is 8.68. The van der Waals surface area contributed by atoms with Gasteiger partial charge in [0.1, 0.15) is 0 Å². The SMILES string of the molecule is Cc1nn(CCC#N)c(C)c1CCC(=O)N1CCN(Cc2ccc(-c3ccccc3Cl)s2)CC1. The first kappa shape index (κ1) is 24.5. The molecule has 3 heterocycles. The van der Waals surface area contributed by atoms with Gasteiger partial charge >= 0.3 is 0 Å². The number of benzene rings is 1. The van der Waals surface area contributed by atoms with Crippen LogP contribution in [0.5, 0.6) is 0 Å². The fourth-order valence-corrected chi connectivity index (χ4v) is 5.89. The largest absolute Gasteiger partial charge is 0.340 e. The zero-order valence-corrected chi connectivity index (χ0v) is 21.3. The van der Waals surface area contributed by atoms with Gasteiger partial charge < -0.3 is 4.90 Å². The predicted octanol–water partition coefficient (Wildman–Crippen LogP) is 5.07. The zero-order chi connectivity index (χ0) is 24.1. The molecule has 4 rings (SSSR count). The summed E-state index contributed by atoms with van der Waals surface area (Å²) in [6.07, 6.45) is 1.64. The lowest BCUT2D eigenvalue weighted by atomic mass is 10.1. The number of thiophene rings is 1. The van der Waals surface area contributed by atoms with Crippen LogP contribution >= 0.6 is 22.9 Å². The van der Waals surface area contributed by atoms with Gasteiger partial charge in [-0.15, -0.1) is 11.3 Å². The fourth-order valence-electron chi connectivity index (χ4n) is 4.50. The number of aromatic nitrogens is 2. The fraction of sp³-hybridized carbons (Fsp3) is 0.423. The van der Waals surface area contributed by atoms with Crippen LogP contribution in [0.2, 0.25) is 5.02 Å². The molecule has 1 aliphatic heterocycles. The highest BCUT2D eigenvalue weighted by molar-refractivity contribution is 7.15. The Labute approximate surface area is 210 Å². The van der Waals surface area contributed by atoms with Crippen LogP contribution in [0.3, 0.4) is 0 Å². The summed E-state index contributed by atoms with van der Waals surface area (Å²) in [5, 5.41) is 14.1. The average Bonchev–Trinajstić information content (AvgIpc) is 3.40. The predicted molar refractivity (Wildman–Crippen MR) is 137 cm³/mol. The van der Waals surface area contributed by atoms with E-state index in [1.54, 1.807) is 11.3 Å². The van der Waals surface area contributed by atoms with Crippen molar-refractivity contribution in [3.63, 3.8) is 0 Å². The summed E-state index contributed by atoms with van der Waals surface area (Å²) in [4.78, 5) is 19.8. The lowest BCUT2D eigenvalue weighted by Crippen LogP contribution is -2.48. The quantitative estimate of drug-likeness (QED) is 0.437. The van der Waals surface area contributed by atoms with Gasteiger partial charge in [-0.05, 0) is 44.0 Å². The number of nitrogens with zero attached hydrogens (tertiary/aromatic N) is 5. The Kier molecular flexibility index (Phi) is 8.04. The maximum Gasteiger partial charge on any atom is 0.222 e. The number of nitriles is 1. The van der Waals surface area contributed by atoms with Gasteiger partial charge in [-0.1, -0.05) is 29.8 Å². The minimum absolute atomic E-state index is 0.209. The van der Waals surface area contributed by atoms with Gasteiger partial charge in [0, 0.05) is 65.2 Å². The minimum atomic E-state index is 0.209. The molecule has 1 saturated heterocycles. The van der Waals surface area contributed by atoms with E-state index in [4.69, 9.17) is 16.9 Å². The highest BCUT2D eigenvalue weighted by atomic mass is 35.5. The van der Waals surface area contributed by atoms with E-state index in [-0.39, 0.29) is 5.91 Å². The van der Waals surface area contributed by atoms with Crippen molar-refractivity contribution >= 4 is 28.8 Å². The van der Waals surface area contributed by atoms with Crippen LogP contribution in [0.15, 0.2) is 36.4 Å². The van der Waals surface area contributed by atoms with Crippen molar-refractivity contribution in [2.24, 2.45) is 0 Å². The van der Waals surface area contributed by atoms with E-state index in [0.29, 0.717) is 25.8 Å². The second-order valence-corrected chi connectivity index (χ2v) is 10.3. The van der Waals surface area contributed by atoms with E-state index >= 15 is 0 Å². The number of carbonyl (C=O) groups excluding carboxylic acids is 1. The molecule has 0 radical (unpaired) electrons. The first-order chi connectivity index (χ1) is 16.5. The number of halogens is 1. The molecular weight excluding hydrogens is 466 g/mol. The normalized spacial score (nSPS) is 14.4. The molecule has 1 fully saturated rings. The smallest absolute Gasteiger partial charge is 0.222 e. The standard InChI is InChI=1S/C26H30ClN5OS/c1-19-22(20(2)32(29-19)13-5-12-28)9-11-26(33)31-16-14-30(15-17-31)18-21-8-10-25(34-21)23-6-3-4-7-24(23)27/h3-4,6-8,10H,5,9,11,13-18H2,1-2H3. The van der Waals surface area contributed by atoms with Crippen molar-refractivity contribution in [1.29, 1.82) is 5.26 Å². The highest BCUT2D eigenvalue weighted by Gasteiger charge is 2.22. The van der Waals surface area contributed by atoms with E-state index in [2.05, 4.69) is 34.3 Å². The number of hydrogen-bond donors (Lipinski definition) is 0. The molecule has 0 bridgehead atoms. The van der Waals surface area contributed by atoms with Gasteiger partial charge in [0.15, 0.2) is 0 Å². The van der Waals surface area contributed by atoms with Gasteiger partial charge in [-0.2, -0.15) is 10.4 Å². The van der Waals surface area contributed by atoms with Gasteiger partial charge in [0.2, 0.25) is 5.91 Å². The molecule has 0 aliphatic carbocycles. The molecule has 0 spiro atoms. The Morgan fingerprint density at radius 1 is 1.15 bits per heavy atom. The molecular formula is C26H30ClN5OS. The third-order valence-corrected chi connectivity index (χ3v) is 7.89. The molecule has 0 atom stereocenters. The Bertz CT molecular complexity index is 1190. The first-order valence-corrected chi connectivity index (χ1v) is 12.9. The minimum Gasteiger partial charge on any atom is -0.340 e. The summed E-state index contributed by atoms with van der Waals surface area (Å²) in [6.45, 7) is 8.81. The van der Waals surface area contributed by atoms with Crippen LogP contribution in [0.4, 0.5) is 0 Å². The summed E-state index contributed by atoms with van der Waals surface area (Å²) in [5.74, 6) is 0.209. The van der Waals surface area contributed by atoms with E-state index in [9.17, 15) is 4.79 Å². The second kappa shape index (κ2) is 11.2. The number of aryl methyl sites for hydroxylation is 2. The van der Waals surface area contributed by atoms with E-state index < -0.39 is 0 Å². The van der Waals surface area contributed by atoms with Crippen molar-refractivity contribution in [1.82, 2.24) is 19.6 Å². The topological polar surface area (TPSA) is 65.2 Å². The van der Waals surface area contributed by atoms with Gasteiger partial charge in [0.05, 0.1) is 24.7 Å². The molecule has 2 aromatic heterocycles. The molecule has 178 valence electrons. The Morgan fingerprint density at radius 3 is 2.65 bits per heavy atom. The summed E-state index contributed by atoms with van der Waals surface area (Å²) in [6, 6.07) is 14.4. The first-order valence-electron chi connectivity index (χ1n) is 11.7. The molecule has 3 aromatic rings. The van der Waals surface area contributed by atoms with E-state index in [1.165, 1.54) is 9.75 Å². The van der Waals surface area contributed by atoms with Crippen molar-refractivity contribution in [2.75, 3.05) is 26.2 Å². The summed E-state index contributed by atoms with van der Waals surface area (Å²) < 4.78 is 1.89. The molecule has 1 aliphatic rings. The molecule has 0 N–H and O–H groups in total. The van der Waals surface area contributed by atoms with Crippen LogP contribution in [-0.4, -0.2) is 51.7 Å². The Morgan fingerprint density at radius 2 is 1.91 bits per heavy atom. The number of hydrogen-bond acceptors (Lipinski definition) is 5. The zero-order valence-electron chi connectivity index (χ0n) is 19.8.